The molecule has 0 spiro atoms. The molecule has 0 unspecified atom stereocenters. The maximum Gasteiger partial charge on any atom is 0.264 e. The molecule has 6 aromatic rings. The Labute approximate surface area is 223 Å². The van der Waals surface area contributed by atoms with Gasteiger partial charge in [0.05, 0.1) is 16.8 Å². The van der Waals surface area contributed by atoms with E-state index in [1.807, 2.05) is 78.3 Å². The maximum absolute atomic E-state index is 13.8. The number of carbonyl (C=O) groups excluding carboxylic acids is 3. The van der Waals surface area contributed by atoms with Crippen LogP contribution in [0.25, 0.3) is 39.4 Å². The number of nitrogens with zero attached hydrogens (tertiary/aromatic N) is 3. The summed E-state index contributed by atoms with van der Waals surface area (Å²) in [4.78, 5) is 45.6. The Kier molecular flexibility index (Phi) is 5.03. The summed E-state index contributed by atoms with van der Waals surface area (Å²) in [6.07, 6.45) is 1.53. The van der Waals surface area contributed by atoms with Crippen LogP contribution in [0.3, 0.4) is 0 Å². The van der Waals surface area contributed by atoms with Gasteiger partial charge < -0.3 is 4.57 Å². The first-order chi connectivity index (χ1) is 19.0. The fourth-order valence-electron chi connectivity index (χ4n) is 5.31. The third-order valence-electron chi connectivity index (χ3n) is 7.29. The lowest BCUT2D eigenvalue weighted by molar-refractivity contribution is 0.0957. The Morgan fingerprint density at radius 1 is 0.744 bits per heavy atom. The summed E-state index contributed by atoms with van der Waals surface area (Å²) < 4.78 is 3.41. The minimum Gasteiger partial charge on any atom is -0.326 e. The number of fused-ring (bicyclic) bond motifs is 3. The zero-order valence-corrected chi connectivity index (χ0v) is 21.0. The highest BCUT2D eigenvalue weighted by Crippen LogP contribution is 2.33. The lowest BCUT2D eigenvalue weighted by atomic mass is 10.0. The molecule has 39 heavy (non-hydrogen) atoms. The van der Waals surface area contributed by atoms with E-state index in [1.165, 1.54) is 10.6 Å². The topological polar surface area (TPSA) is 74.0 Å². The molecule has 0 fully saturated rings. The Morgan fingerprint density at radius 2 is 1.31 bits per heavy atom. The molecule has 4 aromatic carbocycles. The summed E-state index contributed by atoms with van der Waals surface area (Å²) in [7, 11) is 1.89. The Hall–Kier alpha value is -5.36. The summed E-state index contributed by atoms with van der Waals surface area (Å²) in [5, 5.41) is 1.79. The minimum atomic E-state index is -0.345. The van der Waals surface area contributed by atoms with Gasteiger partial charge in [-0.2, -0.15) is 0 Å². The number of hydrogen-bond acceptors (Lipinski definition) is 4. The minimum absolute atomic E-state index is 0.0357. The largest absolute Gasteiger partial charge is 0.326 e. The number of aryl methyl sites for hydroxylation is 1. The van der Waals surface area contributed by atoms with Crippen LogP contribution in [-0.4, -0.2) is 31.6 Å². The predicted octanol–water partition coefficient (Wildman–Crippen LogP) is 6.35. The summed E-state index contributed by atoms with van der Waals surface area (Å²) in [6, 6.07) is 31.6. The van der Waals surface area contributed by atoms with Gasteiger partial charge in [-0.1, -0.05) is 72.8 Å². The second kappa shape index (κ2) is 8.60. The number of allylic oxidation sites excluding steroid dienone is 1. The van der Waals surface area contributed by atoms with Gasteiger partial charge in [0.15, 0.2) is 17.2 Å². The van der Waals surface area contributed by atoms with Gasteiger partial charge in [0.2, 0.25) is 0 Å². The molecule has 7 rings (SSSR count). The van der Waals surface area contributed by atoms with E-state index in [9.17, 15) is 14.4 Å². The van der Waals surface area contributed by atoms with Crippen LogP contribution in [0.15, 0.2) is 109 Å². The lowest BCUT2D eigenvalue weighted by Crippen LogP contribution is -2.14. The van der Waals surface area contributed by atoms with E-state index >= 15 is 0 Å². The summed E-state index contributed by atoms with van der Waals surface area (Å²) >= 11 is 0. The molecule has 6 heteroatoms. The number of ketones is 2. The van der Waals surface area contributed by atoms with Crippen molar-refractivity contribution in [1.82, 2.24) is 14.1 Å². The molecule has 186 valence electrons. The molecule has 6 nitrogen and oxygen atoms in total. The molecule has 0 aliphatic heterocycles. The number of benzene rings is 4. The maximum atomic E-state index is 13.8. The van der Waals surface area contributed by atoms with Crippen molar-refractivity contribution in [2.45, 2.75) is 0 Å². The quantitative estimate of drug-likeness (QED) is 0.207. The molecule has 0 bridgehead atoms. The molecule has 0 amide bonds. The van der Waals surface area contributed by atoms with Crippen LogP contribution >= 0.6 is 0 Å². The first kappa shape index (κ1) is 22.8. The number of aromatic nitrogens is 3. The summed E-state index contributed by atoms with van der Waals surface area (Å²) in [5.74, 6) is -0.275. The normalized spacial score (nSPS) is 12.9. The van der Waals surface area contributed by atoms with E-state index in [0.717, 1.165) is 16.3 Å². The van der Waals surface area contributed by atoms with Crippen molar-refractivity contribution in [2.75, 3.05) is 0 Å². The van der Waals surface area contributed by atoms with Gasteiger partial charge in [0.1, 0.15) is 5.82 Å². The predicted molar refractivity (Wildman–Crippen MR) is 151 cm³/mol. The van der Waals surface area contributed by atoms with Crippen LogP contribution in [0, 0.1) is 0 Å². The average Bonchev–Trinajstić information content (AvgIpc) is 3.57. The van der Waals surface area contributed by atoms with Crippen molar-refractivity contribution >= 4 is 45.5 Å². The van der Waals surface area contributed by atoms with Crippen molar-refractivity contribution in [3.05, 3.63) is 131 Å². The van der Waals surface area contributed by atoms with Gasteiger partial charge in [0, 0.05) is 29.3 Å². The molecule has 0 N–H and O–H groups in total. The Morgan fingerprint density at radius 3 is 1.92 bits per heavy atom. The third-order valence-corrected chi connectivity index (χ3v) is 7.29. The first-order valence-electron chi connectivity index (χ1n) is 12.6. The van der Waals surface area contributed by atoms with Gasteiger partial charge in [0.25, 0.3) is 5.91 Å². The van der Waals surface area contributed by atoms with Crippen LogP contribution in [-0.2, 0) is 7.05 Å². The zero-order chi connectivity index (χ0) is 26.7. The highest BCUT2D eigenvalue weighted by molar-refractivity contribution is 6.42. The molecular formula is C33H21N3O3. The summed E-state index contributed by atoms with van der Waals surface area (Å²) in [6.45, 7) is 0. The van der Waals surface area contributed by atoms with Crippen molar-refractivity contribution < 1.29 is 14.4 Å². The molecule has 1 aliphatic rings. The lowest BCUT2D eigenvalue weighted by Gasteiger charge is -2.07. The van der Waals surface area contributed by atoms with E-state index < -0.39 is 0 Å². The zero-order valence-electron chi connectivity index (χ0n) is 21.0. The monoisotopic (exact) mass is 507 g/mol. The van der Waals surface area contributed by atoms with Gasteiger partial charge in [-0.15, -0.1) is 0 Å². The van der Waals surface area contributed by atoms with Crippen molar-refractivity contribution in [2.24, 2.45) is 7.05 Å². The highest BCUT2D eigenvalue weighted by Gasteiger charge is 2.34. The number of rotatable bonds is 3. The standard InChI is InChI=1S/C33H21N3O3/c1-35-28-19-24(18-27-29(37)25-16-22-14-8-9-15-23(22)17-26(25)30(27)38)36(33(39)21-12-6-3-7-13-21)32(28)34-31(35)20-10-4-2-5-11-20/h2-19H,1H3. The Bertz CT molecular complexity index is 1960. The van der Waals surface area contributed by atoms with Crippen LogP contribution in [0.4, 0.5) is 0 Å². The Balaban J connectivity index is 1.43. The van der Waals surface area contributed by atoms with Crippen LogP contribution in [0.1, 0.15) is 36.8 Å². The van der Waals surface area contributed by atoms with Crippen molar-refractivity contribution in [1.29, 1.82) is 0 Å². The highest BCUT2D eigenvalue weighted by atomic mass is 16.2. The molecule has 2 heterocycles. The van der Waals surface area contributed by atoms with Crippen LogP contribution < -0.4 is 0 Å². The van der Waals surface area contributed by atoms with Gasteiger partial charge in [-0.3, -0.25) is 19.0 Å². The average molecular weight is 508 g/mol. The van der Waals surface area contributed by atoms with Crippen molar-refractivity contribution in [3.8, 4) is 11.4 Å². The van der Waals surface area contributed by atoms with Gasteiger partial charge in [-0.05, 0) is 47.2 Å². The van der Waals surface area contributed by atoms with Gasteiger partial charge in [-0.25, -0.2) is 4.98 Å². The summed E-state index contributed by atoms with van der Waals surface area (Å²) in [5.41, 5.74) is 3.78. The number of imidazole rings is 1. The van der Waals surface area contributed by atoms with Crippen LogP contribution in [0.5, 0.6) is 0 Å². The van der Waals surface area contributed by atoms with Crippen LogP contribution in [0.2, 0.25) is 0 Å². The van der Waals surface area contributed by atoms with E-state index in [4.69, 9.17) is 4.98 Å². The molecule has 1 aliphatic carbocycles. The molecule has 0 atom stereocenters. The van der Waals surface area contributed by atoms with E-state index in [1.54, 1.807) is 36.4 Å². The molecule has 0 saturated heterocycles. The molecule has 0 radical (unpaired) electrons. The molecular weight excluding hydrogens is 486 g/mol. The first-order valence-corrected chi connectivity index (χ1v) is 12.6. The van der Waals surface area contributed by atoms with E-state index in [2.05, 4.69) is 0 Å². The van der Waals surface area contributed by atoms with E-state index in [0.29, 0.717) is 39.4 Å². The molecule has 0 saturated carbocycles. The van der Waals surface area contributed by atoms with Crippen molar-refractivity contribution in [3.63, 3.8) is 0 Å². The van der Waals surface area contributed by atoms with Gasteiger partial charge >= 0.3 is 0 Å². The number of hydrogen-bond donors (Lipinski definition) is 0. The number of carbonyl (C=O) groups is 3. The second-order valence-electron chi connectivity index (χ2n) is 9.61. The second-order valence-corrected chi connectivity index (χ2v) is 9.61. The fraction of sp³-hybridized carbons (Fsp3) is 0.0303. The fourth-order valence-corrected chi connectivity index (χ4v) is 5.31. The molecule has 2 aromatic heterocycles. The number of Topliss-reactive ketones (excluding diaryl/α,β-unsaturated/α-hetero) is 2. The van der Waals surface area contributed by atoms with E-state index in [-0.39, 0.29) is 23.0 Å². The smallest absolute Gasteiger partial charge is 0.264 e. The third kappa shape index (κ3) is 3.49. The SMILES string of the molecule is Cn1c(-c2ccccc2)nc2c1cc(C=C1C(=O)c3cc4ccccc4cc3C1=O)n2C(=O)c1ccccc1.